The Morgan fingerprint density at radius 3 is 2.74 bits per heavy atom. The molecule has 6 nitrogen and oxygen atoms in total. The lowest BCUT2D eigenvalue weighted by atomic mass is 10.1. The van der Waals surface area contributed by atoms with E-state index < -0.39 is 11.0 Å². The fraction of sp³-hybridized carbons (Fsp3) is 0.462. The van der Waals surface area contributed by atoms with Crippen molar-refractivity contribution in [1.82, 2.24) is 5.32 Å². The van der Waals surface area contributed by atoms with Crippen molar-refractivity contribution in [2.45, 2.75) is 38.8 Å². The second-order valence-corrected chi connectivity index (χ2v) is 4.93. The van der Waals surface area contributed by atoms with Gasteiger partial charge in [0.25, 0.3) is 5.69 Å². The average molecular weight is 263 g/mol. The van der Waals surface area contributed by atoms with E-state index in [9.17, 15) is 14.9 Å². The summed E-state index contributed by atoms with van der Waals surface area (Å²) in [4.78, 5) is 22.3. The van der Waals surface area contributed by atoms with E-state index in [1.807, 2.05) is 6.92 Å². The van der Waals surface area contributed by atoms with Crippen molar-refractivity contribution in [2.24, 2.45) is 0 Å². The molecule has 0 saturated heterocycles. The molecule has 2 rings (SSSR count). The number of carbonyl (C=O) groups excluding carboxylic acids is 1. The van der Waals surface area contributed by atoms with E-state index in [4.69, 9.17) is 0 Å². The quantitative estimate of drug-likeness (QED) is 0.628. The third-order valence-corrected chi connectivity index (χ3v) is 3.04. The van der Waals surface area contributed by atoms with Crippen LogP contribution in [-0.4, -0.2) is 22.9 Å². The number of nitrogens with one attached hydrogen (secondary N) is 2. The molecule has 2 N–H and O–H groups in total. The maximum Gasteiger partial charge on any atom is 0.292 e. The van der Waals surface area contributed by atoms with Crippen LogP contribution in [0.4, 0.5) is 11.4 Å². The second-order valence-electron chi connectivity index (χ2n) is 4.93. The van der Waals surface area contributed by atoms with Gasteiger partial charge in [0, 0.05) is 12.1 Å². The molecule has 1 aliphatic rings. The number of nitro groups is 1. The molecule has 0 radical (unpaired) electrons. The molecule has 6 heteroatoms. The van der Waals surface area contributed by atoms with Crippen molar-refractivity contribution in [1.29, 1.82) is 0 Å². The highest BCUT2D eigenvalue weighted by molar-refractivity contribution is 5.85. The number of nitro benzene ring substituents is 1. The Labute approximate surface area is 111 Å². The van der Waals surface area contributed by atoms with E-state index >= 15 is 0 Å². The maximum absolute atomic E-state index is 11.8. The molecule has 1 fully saturated rings. The Morgan fingerprint density at radius 1 is 1.47 bits per heavy atom. The summed E-state index contributed by atoms with van der Waals surface area (Å²) in [6, 6.07) is 4.59. The molecular formula is C13H17N3O3. The predicted octanol–water partition coefficient (Wildman–Crippen LogP) is 1.98. The second kappa shape index (κ2) is 5.26. The smallest absolute Gasteiger partial charge is 0.292 e. The van der Waals surface area contributed by atoms with E-state index in [1.54, 1.807) is 19.1 Å². The molecule has 1 aliphatic carbocycles. The van der Waals surface area contributed by atoms with Crippen LogP contribution in [0, 0.1) is 17.0 Å². The minimum Gasteiger partial charge on any atom is -0.368 e. The highest BCUT2D eigenvalue weighted by Crippen LogP contribution is 2.26. The molecule has 0 spiro atoms. The summed E-state index contributed by atoms with van der Waals surface area (Å²) in [7, 11) is 0. The van der Waals surface area contributed by atoms with Gasteiger partial charge in [-0.15, -0.1) is 0 Å². The van der Waals surface area contributed by atoms with E-state index in [1.165, 1.54) is 6.07 Å². The summed E-state index contributed by atoms with van der Waals surface area (Å²) in [5, 5.41) is 16.7. The Balaban J connectivity index is 2.10. The summed E-state index contributed by atoms with van der Waals surface area (Å²) in [5.74, 6) is -0.127. The van der Waals surface area contributed by atoms with Gasteiger partial charge in [0.15, 0.2) is 0 Å². The van der Waals surface area contributed by atoms with Crippen LogP contribution in [0.15, 0.2) is 18.2 Å². The molecule has 0 heterocycles. The number of nitrogens with zero attached hydrogens (tertiary/aromatic N) is 1. The summed E-state index contributed by atoms with van der Waals surface area (Å²) < 4.78 is 0. The summed E-state index contributed by atoms with van der Waals surface area (Å²) >= 11 is 0. The Morgan fingerprint density at radius 2 is 2.16 bits per heavy atom. The zero-order valence-electron chi connectivity index (χ0n) is 11.0. The first-order valence-electron chi connectivity index (χ1n) is 6.29. The van der Waals surface area contributed by atoms with E-state index in [-0.39, 0.29) is 17.6 Å². The van der Waals surface area contributed by atoms with Crippen LogP contribution in [0.1, 0.15) is 25.3 Å². The minimum absolute atomic E-state index is 0.0170. The number of hydrogen-bond donors (Lipinski definition) is 2. The van der Waals surface area contributed by atoms with Crippen molar-refractivity contribution in [3.05, 3.63) is 33.9 Å². The Hall–Kier alpha value is -2.11. The fourth-order valence-corrected chi connectivity index (χ4v) is 1.78. The van der Waals surface area contributed by atoms with Crippen LogP contribution in [0.25, 0.3) is 0 Å². The van der Waals surface area contributed by atoms with Crippen molar-refractivity contribution in [3.63, 3.8) is 0 Å². The number of hydrogen-bond acceptors (Lipinski definition) is 4. The number of amides is 1. The van der Waals surface area contributed by atoms with Gasteiger partial charge >= 0.3 is 0 Å². The third-order valence-electron chi connectivity index (χ3n) is 3.04. The van der Waals surface area contributed by atoms with Gasteiger partial charge in [-0.25, -0.2) is 0 Å². The van der Waals surface area contributed by atoms with Gasteiger partial charge in [-0.1, -0.05) is 6.07 Å². The highest BCUT2D eigenvalue weighted by atomic mass is 16.6. The van der Waals surface area contributed by atoms with Crippen molar-refractivity contribution in [2.75, 3.05) is 5.32 Å². The predicted molar refractivity (Wildman–Crippen MR) is 72.1 cm³/mol. The number of rotatable bonds is 5. The fourth-order valence-electron chi connectivity index (χ4n) is 1.78. The summed E-state index contributed by atoms with van der Waals surface area (Å²) in [5.41, 5.74) is 1.27. The standard InChI is InChI=1S/C13H17N3O3/c1-8-3-6-12(16(18)19)11(7-8)14-9(2)13(17)15-10-4-5-10/h3,6-7,9-10,14H,4-5H2,1-2H3,(H,15,17). The zero-order chi connectivity index (χ0) is 14.0. The molecule has 0 aromatic heterocycles. The van der Waals surface area contributed by atoms with Crippen LogP contribution in [-0.2, 0) is 4.79 Å². The van der Waals surface area contributed by atoms with E-state index in [2.05, 4.69) is 10.6 Å². The van der Waals surface area contributed by atoms with Crippen LogP contribution >= 0.6 is 0 Å². The highest BCUT2D eigenvalue weighted by Gasteiger charge is 2.26. The van der Waals surface area contributed by atoms with Gasteiger partial charge in [0.1, 0.15) is 11.7 Å². The first-order valence-corrected chi connectivity index (χ1v) is 6.29. The molecule has 0 bridgehead atoms. The molecule has 1 aromatic rings. The average Bonchev–Trinajstić information content (AvgIpc) is 3.12. The zero-order valence-corrected chi connectivity index (χ0v) is 11.0. The van der Waals surface area contributed by atoms with Gasteiger partial charge < -0.3 is 10.6 Å². The monoisotopic (exact) mass is 263 g/mol. The summed E-state index contributed by atoms with van der Waals surface area (Å²) in [6.07, 6.45) is 2.03. The number of benzene rings is 1. The topological polar surface area (TPSA) is 84.3 Å². The van der Waals surface area contributed by atoms with E-state index in [0.29, 0.717) is 5.69 Å². The lowest BCUT2D eigenvalue weighted by Crippen LogP contribution is -2.38. The normalized spacial score (nSPS) is 15.7. The molecule has 0 aliphatic heterocycles. The van der Waals surface area contributed by atoms with Gasteiger partial charge in [-0.05, 0) is 38.3 Å². The SMILES string of the molecule is Cc1ccc([N+](=O)[O-])c(NC(C)C(=O)NC2CC2)c1. The number of carbonyl (C=O) groups is 1. The maximum atomic E-state index is 11.8. The first-order chi connectivity index (χ1) is 8.97. The van der Waals surface area contributed by atoms with Gasteiger partial charge in [-0.2, -0.15) is 0 Å². The molecule has 1 aromatic carbocycles. The van der Waals surface area contributed by atoms with Gasteiger partial charge in [-0.3, -0.25) is 14.9 Å². The molecule has 1 amide bonds. The minimum atomic E-state index is -0.499. The van der Waals surface area contributed by atoms with Crippen molar-refractivity contribution < 1.29 is 9.72 Å². The van der Waals surface area contributed by atoms with Crippen LogP contribution in [0.2, 0.25) is 0 Å². The van der Waals surface area contributed by atoms with Gasteiger partial charge in [0.2, 0.25) is 5.91 Å². The van der Waals surface area contributed by atoms with Crippen LogP contribution in [0.3, 0.4) is 0 Å². The molecule has 19 heavy (non-hydrogen) atoms. The molecule has 1 unspecified atom stereocenters. The molecule has 1 atom stereocenters. The molecular weight excluding hydrogens is 246 g/mol. The van der Waals surface area contributed by atoms with Crippen molar-refractivity contribution >= 4 is 17.3 Å². The van der Waals surface area contributed by atoms with Crippen LogP contribution in [0.5, 0.6) is 0 Å². The summed E-state index contributed by atoms with van der Waals surface area (Å²) in [6.45, 7) is 3.55. The lowest BCUT2D eigenvalue weighted by molar-refractivity contribution is -0.384. The first kappa shape index (κ1) is 13.3. The Bertz CT molecular complexity index is 512. The Kier molecular flexibility index (Phi) is 3.69. The third kappa shape index (κ3) is 3.43. The lowest BCUT2D eigenvalue weighted by Gasteiger charge is -2.15. The molecule has 1 saturated carbocycles. The number of aryl methyl sites for hydroxylation is 1. The van der Waals surface area contributed by atoms with Gasteiger partial charge in [0.05, 0.1) is 4.92 Å². The van der Waals surface area contributed by atoms with Crippen molar-refractivity contribution in [3.8, 4) is 0 Å². The number of anilines is 1. The van der Waals surface area contributed by atoms with Crippen LogP contribution < -0.4 is 10.6 Å². The van der Waals surface area contributed by atoms with E-state index in [0.717, 1.165) is 18.4 Å². The largest absolute Gasteiger partial charge is 0.368 e. The molecule has 102 valence electrons.